The van der Waals surface area contributed by atoms with Crippen molar-refractivity contribution in [2.75, 3.05) is 13.7 Å². The number of nitro groups is 1. The second kappa shape index (κ2) is 6.47. The first-order valence-corrected chi connectivity index (χ1v) is 5.12. The van der Waals surface area contributed by atoms with Gasteiger partial charge in [0.15, 0.2) is 11.5 Å². The van der Waals surface area contributed by atoms with Gasteiger partial charge in [0.2, 0.25) is 0 Å². The number of rotatable bonds is 5. The summed E-state index contributed by atoms with van der Waals surface area (Å²) >= 11 is 0. The molecule has 0 unspecified atom stereocenters. The van der Waals surface area contributed by atoms with Crippen molar-refractivity contribution >= 4 is 5.69 Å². The highest BCUT2D eigenvalue weighted by molar-refractivity contribution is 5.54. The summed E-state index contributed by atoms with van der Waals surface area (Å²) in [5.41, 5.74) is -0.0384. The summed E-state index contributed by atoms with van der Waals surface area (Å²) in [4.78, 5) is 10.3. The van der Waals surface area contributed by atoms with Crippen molar-refractivity contribution in [1.82, 2.24) is 0 Å². The van der Waals surface area contributed by atoms with E-state index in [-0.39, 0.29) is 23.6 Å². The summed E-state index contributed by atoms with van der Waals surface area (Å²) in [6, 6.07) is 2.61. The first-order chi connectivity index (χ1) is 8.63. The summed E-state index contributed by atoms with van der Waals surface area (Å²) in [5.74, 6) is 5.87. The maximum absolute atomic E-state index is 10.8. The summed E-state index contributed by atoms with van der Waals surface area (Å²) in [5, 5.41) is 19.9. The largest absolute Gasteiger partial charge is 0.493 e. The summed E-state index contributed by atoms with van der Waals surface area (Å²) in [6.45, 7) is 1.34. The minimum absolute atomic E-state index is 0.114. The Labute approximate surface area is 104 Å². The number of benzene rings is 1. The van der Waals surface area contributed by atoms with Gasteiger partial charge in [-0.3, -0.25) is 10.1 Å². The fourth-order valence-electron chi connectivity index (χ4n) is 1.35. The number of nitrogens with zero attached hydrogens (tertiary/aromatic N) is 1. The maximum atomic E-state index is 10.8. The molecule has 0 saturated carbocycles. The Balaban J connectivity index is 3.17. The molecule has 0 radical (unpaired) electrons. The molecule has 1 rings (SSSR count). The Kier molecular flexibility index (Phi) is 4.96. The summed E-state index contributed by atoms with van der Waals surface area (Å²) < 4.78 is 10.3. The van der Waals surface area contributed by atoms with Crippen molar-refractivity contribution in [3.63, 3.8) is 0 Å². The molecule has 0 saturated heterocycles. The molecule has 0 aliphatic heterocycles. The number of ether oxygens (including phenoxy) is 2. The van der Waals surface area contributed by atoms with Gasteiger partial charge in [-0.2, -0.15) is 0 Å². The van der Waals surface area contributed by atoms with E-state index >= 15 is 0 Å². The van der Waals surface area contributed by atoms with E-state index in [0.717, 1.165) is 0 Å². The first-order valence-electron chi connectivity index (χ1n) is 5.12. The van der Waals surface area contributed by atoms with Crippen LogP contribution in [-0.2, 0) is 6.61 Å². The van der Waals surface area contributed by atoms with Crippen molar-refractivity contribution in [3.8, 4) is 23.3 Å². The zero-order chi connectivity index (χ0) is 13.5. The van der Waals surface area contributed by atoms with Crippen LogP contribution in [0.25, 0.3) is 0 Å². The van der Waals surface area contributed by atoms with E-state index < -0.39 is 11.5 Å². The van der Waals surface area contributed by atoms with Gasteiger partial charge in [-0.05, 0) is 13.0 Å². The van der Waals surface area contributed by atoms with E-state index in [1.807, 2.05) is 0 Å². The Hall–Kier alpha value is -2.26. The molecule has 0 fully saturated rings. The molecule has 0 aliphatic carbocycles. The fourth-order valence-corrected chi connectivity index (χ4v) is 1.35. The van der Waals surface area contributed by atoms with Crippen LogP contribution in [0.3, 0.4) is 0 Å². The predicted octanol–water partition coefficient (Wildman–Crippen LogP) is 1.50. The van der Waals surface area contributed by atoms with Gasteiger partial charge >= 0.3 is 0 Å². The van der Waals surface area contributed by atoms with E-state index in [9.17, 15) is 10.1 Å². The van der Waals surface area contributed by atoms with Gasteiger partial charge in [0.05, 0.1) is 30.3 Å². The highest BCUT2D eigenvalue weighted by atomic mass is 16.6. The smallest absolute Gasteiger partial charge is 0.278 e. The number of hydrogen-bond acceptors (Lipinski definition) is 5. The van der Waals surface area contributed by atoms with Gasteiger partial charge in [-0.1, -0.05) is 5.92 Å². The minimum Gasteiger partial charge on any atom is -0.493 e. The van der Waals surface area contributed by atoms with Crippen LogP contribution in [0.2, 0.25) is 0 Å². The number of nitro benzene ring substituents is 1. The van der Waals surface area contributed by atoms with Crippen molar-refractivity contribution in [1.29, 1.82) is 0 Å². The summed E-state index contributed by atoms with van der Waals surface area (Å²) in [6.07, 6.45) is 0. The third kappa shape index (κ3) is 3.12. The highest BCUT2D eigenvalue weighted by Crippen LogP contribution is 2.34. The molecule has 0 bridgehead atoms. The second-order valence-corrected chi connectivity index (χ2v) is 3.26. The SMILES string of the molecule is CC#CCOc1cc([N+](=O)[O-])c(CO)cc1OC. The van der Waals surface area contributed by atoms with E-state index in [0.29, 0.717) is 5.75 Å². The average molecular weight is 251 g/mol. The quantitative estimate of drug-likeness (QED) is 0.487. The van der Waals surface area contributed by atoms with Crippen LogP contribution in [0.1, 0.15) is 12.5 Å². The van der Waals surface area contributed by atoms with Crippen LogP contribution < -0.4 is 9.47 Å². The Bertz CT molecular complexity index is 501. The Morgan fingerprint density at radius 1 is 1.44 bits per heavy atom. The van der Waals surface area contributed by atoms with E-state index in [2.05, 4.69) is 11.8 Å². The van der Waals surface area contributed by atoms with Gasteiger partial charge in [0.25, 0.3) is 5.69 Å². The van der Waals surface area contributed by atoms with E-state index in [1.165, 1.54) is 19.2 Å². The molecule has 1 aromatic rings. The molecule has 6 nitrogen and oxygen atoms in total. The Morgan fingerprint density at radius 3 is 2.67 bits per heavy atom. The molecule has 6 heteroatoms. The van der Waals surface area contributed by atoms with Crippen molar-refractivity contribution in [2.24, 2.45) is 0 Å². The van der Waals surface area contributed by atoms with Crippen molar-refractivity contribution in [2.45, 2.75) is 13.5 Å². The van der Waals surface area contributed by atoms with E-state index in [1.54, 1.807) is 6.92 Å². The lowest BCUT2D eigenvalue weighted by molar-refractivity contribution is -0.385. The number of aliphatic hydroxyl groups excluding tert-OH is 1. The van der Waals surface area contributed by atoms with E-state index in [4.69, 9.17) is 14.6 Å². The van der Waals surface area contributed by atoms with Gasteiger partial charge in [0, 0.05) is 0 Å². The van der Waals surface area contributed by atoms with Crippen molar-refractivity contribution < 1.29 is 19.5 Å². The highest BCUT2D eigenvalue weighted by Gasteiger charge is 2.18. The van der Waals surface area contributed by atoms with Crippen LogP contribution in [0, 0.1) is 22.0 Å². The standard InChI is InChI=1S/C12H13NO5/c1-3-4-5-18-12-7-10(13(15)16)9(8-14)6-11(12)17-2/h6-7,14H,5,8H2,1-2H3. The molecule has 0 heterocycles. The molecule has 18 heavy (non-hydrogen) atoms. The Morgan fingerprint density at radius 2 is 2.17 bits per heavy atom. The normalized spacial score (nSPS) is 9.28. The number of methoxy groups -OCH3 is 1. The van der Waals surface area contributed by atoms with Crippen LogP contribution in [0.4, 0.5) is 5.69 Å². The van der Waals surface area contributed by atoms with Gasteiger partial charge in [-0.25, -0.2) is 0 Å². The topological polar surface area (TPSA) is 81.8 Å². The van der Waals surface area contributed by atoms with Crippen molar-refractivity contribution in [3.05, 3.63) is 27.8 Å². The molecule has 96 valence electrons. The predicted molar refractivity (Wildman–Crippen MR) is 64.5 cm³/mol. The lowest BCUT2D eigenvalue weighted by Gasteiger charge is -2.10. The van der Waals surface area contributed by atoms with Gasteiger partial charge in [-0.15, -0.1) is 5.92 Å². The molecular formula is C12H13NO5. The van der Waals surface area contributed by atoms with Gasteiger partial charge < -0.3 is 14.6 Å². The average Bonchev–Trinajstić information content (AvgIpc) is 2.38. The molecule has 0 aliphatic rings. The van der Waals surface area contributed by atoms with Crippen LogP contribution in [0.5, 0.6) is 11.5 Å². The zero-order valence-electron chi connectivity index (χ0n) is 10.1. The third-order valence-corrected chi connectivity index (χ3v) is 2.21. The molecule has 1 N–H and O–H groups in total. The fraction of sp³-hybridized carbons (Fsp3) is 0.333. The monoisotopic (exact) mass is 251 g/mol. The number of aliphatic hydroxyl groups is 1. The molecular weight excluding hydrogens is 238 g/mol. The van der Waals surface area contributed by atoms with Crippen LogP contribution >= 0.6 is 0 Å². The molecule has 1 aromatic carbocycles. The third-order valence-electron chi connectivity index (χ3n) is 2.21. The minimum atomic E-state index is -0.580. The zero-order valence-corrected chi connectivity index (χ0v) is 10.1. The molecule has 0 spiro atoms. The number of hydrogen-bond donors (Lipinski definition) is 1. The summed E-state index contributed by atoms with van der Waals surface area (Å²) in [7, 11) is 1.42. The van der Waals surface area contributed by atoms with Crippen LogP contribution in [0.15, 0.2) is 12.1 Å². The lowest BCUT2D eigenvalue weighted by Crippen LogP contribution is -2.01. The first kappa shape index (κ1) is 13.8. The maximum Gasteiger partial charge on any atom is 0.278 e. The molecule has 0 atom stereocenters. The lowest BCUT2D eigenvalue weighted by atomic mass is 10.1. The molecule has 0 aromatic heterocycles. The van der Waals surface area contributed by atoms with Crippen LogP contribution in [-0.4, -0.2) is 23.7 Å². The second-order valence-electron chi connectivity index (χ2n) is 3.26. The molecule has 0 amide bonds. The van der Waals surface area contributed by atoms with Gasteiger partial charge in [0.1, 0.15) is 6.61 Å².